The molecule has 1 N–H and O–H groups in total. The average molecular weight is 197 g/mol. The van der Waals surface area contributed by atoms with E-state index in [-0.39, 0.29) is 11.5 Å². The van der Waals surface area contributed by atoms with Gasteiger partial charge in [-0.1, -0.05) is 20.8 Å². The Morgan fingerprint density at radius 2 is 1.79 bits per heavy atom. The number of fused-ring (bicyclic) bond motifs is 2. The first kappa shape index (κ1) is 10.4. The molecule has 2 bridgehead atoms. The number of likely N-dealkylation sites (N-methyl/N-ethyl adjacent to an activating group) is 1. The quantitative estimate of drug-likeness (QED) is 0.692. The molecule has 2 nitrogen and oxygen atoms in total. The zero-order chi connectivity index (χ0) is 10.7. The van der Waals surface area contributed by atoms with Gasteiger partial charge in [0.05, 0.1) is 6.10 Å². The molecule has 0 saturated heterocycles. The Hall–Kier alpha value is -0.0800. The van der Waals surface area contributed by atoms with Crippen LogP contribution in [0.3, 0.4) is 0 Å². The van der Waals surface area contributed by atoms with E-state index in [1.807, 2.05) is 0 Å². The highest BCUT2D eigenvalue weighted by Gasteiger charge is 2.66. The first-order valence-electron chi connectivity index (χ1n) is 5.67. The summed E-state index contributed by atoms with van der Waals surface area (Å²) >= 11 is 0. The Morgan fingerprint density at radius 1 is 1.21 bits per heavy atom. The molecule has 2 aliphatic rings. The van der Waals surface area contributed by atoms with Gasteiger partial charge in [-0.2, -0.15) is 0 Å². The zero-order valence-electron chi connectivity index (χ0n) is 10.0. The van der Waals surface area contributed by atoms with Crippen molar-refractivity contribution < 1.29 is 5.11 Å². The van der Waals surface area contributed by atoms with E-state index in [2.05, 4.69) is 39.8 Å². The van der Waals surface area contributed by atoms with Gasteiger partial charge in [0.25, 0.3) is 0 Å². The summed E-state index contributed by atoms with van der Waals surface area (Å²) in [5.41, 5.74) is 0.425. The van der Waals surface area contributed by atoms with Crippen LogP contribution in [0.2, 0.25) is 0 Å². The molecule has 0 heterocycles. The summed E-state index contributed by atoms with van der Waals surface area (Å²) in [5, 5.41) is 10.4. The van der Waals surface area contributed by atoms with Crippen molar-refractivity contribution in [3.05, 3.63) is 0 Å². The molecule has 2 fully saturated rings. The third-order valence-electron chi connectivity index (χ3n) is 5.36. The Kier molecular flexibility index (Phi) is 2.04. The molecular weight excluding hydrogens is 174 g/mol. The van der Waals surface area contributed by atoms with Crippen molar-refractivity contribution in [2.45, 2.75) is 45.8 Å². The summed E-state index contributed by atoms with van der Waals surface area (Å²) < 4.78 is 0. The van der Waals surface area contributed by atoms with Crippen LogP contribution in [0, 0.1) is 16.7 Å². The highest BCUT2D eigenvalue weighted by molar-refractivity contribution is 5.16. The van der Waals surface area contributed by atoms with E-state index in [1.54, 1.807) is 0 Å². The van der Waals surface area contributed by atoms with Crippen molar-refractivity contribution in [3.8, 4) is 0 Å². The lowest BCUT2D eigenvalue weighted by molar-refractivity contribution is -0.0195. The number of nitrogens with zero attached hydrogens (tertiary/aromatic N) is 1. The molecule has 0 radical (unpaired) electrons. The molecule has 0 amide bonds. The van der Waals surface area contributed by atoms with Crippen LogP contribution in [0.25, 0.3) is 0 Å². The van der Waals surface area contributed by atoms with Crippen molar-refractivity contribution >= 4 is 0 Å². The molecule has 0 aromatic rings. The lowest BCUT2D eigenvalue weighted by Gasteiger charge is -2.38. The monoisotopic (exact) mass is 197 g/mol. The summed E-state index contributed by atoms with van der Waals surface area (Å²) in [6.07, 6.45) is 2.32. The van der Waals surface area contributed by atoms with E-state index in [4.69, 9.17) is 0 Å². The highest BCUT2D eigenvalue weighted by atomic mass is 16.3. The normalized spacial score (nSPS) is 50.4. The maximum atomic E-state index is 10.4. The van der Waals surface area contributed by atoms with Gasteiger partial charge in [-0.05, 0) is 38.3 Å². The van der Waals surface area contributed by atoms with Crippen molar-refractivity contribution in [1.29, 1.82) is 0 Å². The molecular formula is C12H23NO. The number of rotatable bonds is 1. The van der Waals surface area contributed by atoms with E-state index >= 15 is 0 Å². The van der Waals surface area contributed by atoms with E-state index in [1.165, 1.54) is 12.8 Å². The summed E-state index contributed by atoms with van der Waals surface area (Å²) in [4.78, 5) is 2.21. The predicted molar refractivity (Wildman–Crippen MR) is 58.1 cm³/mol. The van der Waals surface area contributed by atoms with Crippen LogP contribution in [0.1, 0.15) is 33.6 Å². The second-order valence-corrected chi connectivity index (χ2v) is 6.18. The number of hydrogen-bond donors (Lipinski definition) is 1. The molecule has 14 heavy (non-hydrogen) atoms. The third kappa shape index (κ3) is 0.938. The molecule has 0 spiro atoms. The molecule has 0 unspecified atom stereocenters. The first-order valence-corrected chi connectivity index (χ1v) is 5.67. The molecule has 82 valence electrons. The van der Waals surface area contributed by atoms with Gasteiger partial charge in [0, 0.05) is 11.5 Å². The van der Waals surface area contributed by atoms with Crippen LogP contribution in [-0.2, 0) is 0 Å². The van der Waals surface area contributed by atoms with Crippen molar-refractivity contribution in [1.82, 2.24) is 4.90 Å². The standard InChI is InChI=1S/C12H23NO/c1-11(2)8-6-7-12(11,3)10(14)9(8)13(4)5/h8-10,14H,6-7H2,1-5H3/t8-,9-,10+,12+/m1/s1. The van der Waals surface area contributed by atoms with Crippen LogP contribution in [0.15, 0.2) is 0 Å². The van der Waals surface area contributed by atoms with Gasteiger partial charge in [-0.15, -0.1) is 0 Å². The van der Waals surface area contributed by atoms with Gasteiger partial charge in [0.1, 0.15) is 0 Å². The fourth-order valence-corrected chi connectivity index (χ4v) is 3.93. The van der Waals surface area contributed by atoms with Crippen LogP contribution in [0.5, 0.6) is 0 Å². The number of aliphatic hydroxyl groups is 1. The summed E-state index contributed by atoms with van der Waals surface area (Å²) in [5.74, 6) is 0.664. The SMILES string of the molecule is CN(C)[C@@H]1[C@H]2CC[C@@](C)([C@H]1O)C2(C)C. The summed E-state index contributed by atoms with van der Waals surface area (Å²) in [6, 6.07) is 0.365. The van der Waals surface area contributed by atoms with Gasteiger partial charge in [0.15, 0.2) is 0 Å². The van der Waals surface area contributed by atoms with Crippen LogP contribution >= 0.6 is 0 Å². The van der Waals surface area contributed by atoms with Gasteiger partial charge in [-0.25, -0.2) is 0 Å². The van der Waals surface area contributed by atoms with Crippen LogP contribution < -0.4 is 0 Å². The minimum Gasteiger partial charge on any atom is -0.391 e. The summed E-state index contributed by atoms with van der Waals surface area (Å²) in [7, 11) is 4.18. The highest BCUT2D eigenvalue weighted by Crippen LogP contribution is 2.66. The number of hydrogen-bond acceptors (Lipinski definition) is 2. The van der Waals surface area contributed by atoms with Gasteiger partial charge >= 0.3 is 0 Å². The van der Waals surface area contributed by atoms with Gasteiger partial charge < -0.3 is 10.0 Å². The molecule has 2 rings (SSSR count). The van der Waals surface area contributed by atoms with E-state index in [9.17, 15) is 5.11 Å². The Labute approximate surface area is 87.3 Å². The Balaban J connectivity index is 2.39. The lowest BCUT2D eigenvalue weighted by atomic mass is 9.70. The molecule has 2 saturated carbocycles. The maximum Gasteiger partial charge on any atom is 0.0756 e. The molecule has 2 aliphatic carbocycles. The fourth-order valence-electron chi connectivity index (χ4n) is 3.93. The lowest BCUT2D eigenvalue weighted by Crippen LogP contribution is -2.46. The Bertz CT molecular complexity index is 249. The second kappa shape index (κ2) is 2.73. The third-order valence-corrected chi connectivity index (χ3v) is 5.36. The van der Waals surface area contributed by atoms with Crippen molar-refractivity contribution in [2.75, 3.05) is 14.1 Å². The first-order chi connectivity index (χ1) is 6.32. The van der Waals surface area contributed by atoms with Gasteiger partial charge in [0.2, 0.25) is 0 Å². The van der Waals surface area contributed by atoms with E-state index in [0.29, 0.717) is 17.4 Å². The second-order valence-electron chi connectivity index (χ2n) is 6.18. The minimum absolute atomic E-state index is 0.132. The topological polar surface area (TPSA) is 23.5 Å². The minimum atomic E-state index is -0.147. The number of aliphatic hydroxyl groups excluding tert-OH is 1. The zero-order valence-corrected chi connectivity index (χ0v) is 10.0. The summed E-state index contributed by atoms with van der Waals surface area (Å²) in [6.45, 7) is 6.93. The van der Waals surface area contributed by atoms with Crippen molar-refractivity contribution in [2.24, 2.45) is 16.7 Å². The van der Waals surface area contributed by atoms with Crippen LogP contribution in [0.4, 0.5) is 0 Å². The molecule has 0 aromatic heterocycles. The van der Waals surface area contributed by atoms with Gasteiger partial charge in [-0.3, -0.25) is 0 Å². The smallest absolute Gasteiger partial charge is 0.0756 e. The molecule has 0 aliphatic heterocycles. The van der Waals surface area contributed by atoms with E-state index in [0.717, 1.165) is 0 Å². The average Bonchev–Trinajstić information content (AvgIpc) is 2.35. The largest absolute Gasteiger partial charge is 0.391 e. The van der Waals surface area contributed by atoms with E-state index < -0.39 is 0 Å². The molecule has 4 atom stereocenters. The van der Waals surface area contributed by atoms with Crippen molar-refractivity contribution in [3.63, 3.8) is 0 Å². The Morgan fingerprint density at radius 3 is 2.07 bits per heavy atom. The molecule has 2 heteroatoms. The maximum absolute atomic E-state index is 10.4. The predicted octanol–water partition coefficient (Wildman–Crippen LogP) is 1.73. The fraction of sp³-hybridized carbons (Fsp3) is 1.00. The van der Waals surface area contributed by atoms with Crippen LogP contribution in [-0.4, -0.2) is 36.2 Å². The molecule has 0 aromatic carbocycles.